The minimum Gasteiger partial charge on any atom is -0.496 e. The van der Waals surface area contributed by atoms with Gasteiger partial charge in [-0.25, -0.2) is 0 Å². The summed E-state index contributed by atoms with van der Waals surface area (Å²) in [6.45, 7) is 12.7. The van der Waals surface area contributed by atoms with Gasteiger partial charge in [-0.05, 0) is 23.6 Å². The standard InChI is InChI=1S/C17H26N2O/c1-5-16(19-10-8-18-9-11-19)15-12-14(13(2)3)6-7-17(15)20-4/h5-7,12-13,16,18H,1,8-11H2,2-4H3/t16-/m1/s1. The topological polar surface area (TPSA) is 24.5 Å². The third kappa shape index (κ3) is 3.22. The zero-order valence-corrected chi connectivity index (χ0v) is 12.9. The van der Waals surface area contributed by atoms with Gasteiger partial charge in [-0.3, -0.25) is 4.90 Å². The first-order chi connectivity index (χ1) is 9.67. The highest BCUT2D eigenvalue weighted by atomic mass is 16.5. The number of ether oxygens (including phenoxy) is 1. The van der Waals surface area contributed by atoms with Crippen molar-refractivity contribution in [3.63, 3.8) is 0 Å². The summed E-state index contributed by atoms with van der Waals surface area (Å²) in [5, 5.41) is 3.40. The monoisotopic (exact) mass is 274 g/mol. The second kappa shape index (κ2) is 6.91. The lowest BCUT2D eigenvalue weighted by atomic mass is 9.95. The number of hydrogen-bond donors (Lipinski definition) is 1. The Bertz CT molecular complexity index is 450. The normalized spacial score (nSPS) is 18.0. The number of piperazine rings is 1. The maximum atomic E-state index is 5.56. The zero-order valence-electron chi connectivity index (χ0n) is 12.9. The second-order valence-electron chi connectivity index (χ2n) is 5.62. The number of hydrogen-bond acceptors (Lipinski definition) is 3. The summed E-state index contributed by atoms with van der Waals surface area (Å²) in [4.78, 5) is 2.46. The van der Waals surface area contributed by atoms with Gasteiger partial charge in [-0.1, -0.05) is 26.0 Å². The summed E-state index contributed by atoms with van der Waals surface area (Å²) in [6, 6.07) is 6.75. The average molecular weight is 274 g/mol. The van der Waals surface area contributed by atoms with Crippen LogP contribution in [0.2, 0.25) is 0 Å². The van der Waals surface area contributed by atoms with E-state index in [0.29, 0.717) is 5.92 Å². The molecule has 0 aliphatic carbocycles. The highest BCUT2D eigenvalue weighted by molar-refractivity contribution is 5.42. The number of benzene rings is 1. The molecule has 0 aromatic heterocycles. The van der Waals surface area contributed by atoms with E-state index in [4.69, 9.17) is 4.74 Å². The molecule has 0 amide bonds. The van der Waals surface area contributed by atoms with E-state index in [1.807, 2.05) is 6.08 Å². The van der Waals surface area contributed by atoms with Gasteiger partial charge in [0.15, 0.2) is 0 Å². The third-order valence-electron chi connectivity index (χ3n) is 4.01. The van der Waals surface area contributed by atoms with Gasteiger partial charge in [0, 0.05) is 31.7 Å². The van der Waals surface area contributed by atoms with E-state index >= 15 is 0 Å². The van der Waals surface area contributed by atoms with Crippen molar-refractivity contribution >= 4 is 0 Å². The van der Waals surface area contributed by atoms with Gasteiger partial charge in [0.05, 0.1) is 13.2 Å². The molecular formula is C17H26N2O. The number of nitrogens with one attached hydrogen (secondary N) is 1. The molecule has 1 aliphatic rings. The molecule has 0 saturated carbocycles. The van der Waals surface area contributed by atoms with Gasteiger partial charge in [0.2, 0.25) is 0 Å². The molecule has 0 bridgehead atoms. The number of methoxy groups -OCH3 is 1. The summed E-state index contributed by atoms with van der Waals surface area (Å²) < 4.78 is 5.56. The molecule has 1 heterocycles. The van der Waals surface area contributed by atoms with Crippen molar-refractivity contribution in [2.75, 3.05) is 33.3 Å². The molecule has 1 fully saturated rings. The summed E-state index contributed by atoms with van der Waals surface area (Å²) in [7, 11) is 1.74. The van der Waals surface area contributed by atoms with Crippen LogP contribution in [-0.2, 0) is 0 Å². The highest BCUT2D eigenvalue weighted by Crippen LogP contribution is 2.33. The fourth-order valence-corrected chi connectivity index (χ4v) is 2.78. The minimum absolute atomic E-state index is 0.228. The predicted molar refractivity (Wildman–Crippen MR) is 84.5 cm³/mol. The SMILES string of the molecule is C=C[C@H](c1cc(C(C)C)ccc1OC)N1CCNCC1. The fraction of sp³-hybridized carbons (Fsp3) is 0.529. The first-order valence-corrected chi connectivity index (χ1v) is 7.42. The highest BCUT2D eigenvalue weighted by Gasteiger charge is 2.22. The molecule has 1 aromatic carbocycles. The largest absolute Gasteiger partial charge is 0.496 e. The Balaban J connectivity index is 2.35. The molecule has 0 radical (unpaired) electrons. The van der Waals surface area contributed by atoms with Gasteiger partial charge in [-0.15, -0.1) is 6.58 Å². The Kier molecular flexibility index (Phi) is 5.21. The molecule has 1 aromatic rings. The summed E-state index contributed by atoms with van der Waals surface area (Å²) in [6.07, 6.45) is 2.04. The van der Waals surface area contributed by atoms with Crippen LogP contribution in [0.3, 0.4) is 0 Å². The lowest BCUT2D eigenvalue weighted by Gasteiger charge is -2.34. The van der Waals surface area contributed by atoms with Gasteiger partial charge >= 0.3 is 0 Å². The predicted octanol–water partition coefficient (Wildman–Crippen LogP) is 2.95. The van der Waals surface area contributed by atoms with Crippen molar-refractivity contribution in [2.24, 2.45) is 0 Å². The quantitative estimate of drug-likeness (QED) is 0.836. The lowest BCUT2D eigenvalue weighted by molar-refractivity contribution is 0.200. The van der Waals surface area contributed by atoms with Crippen LogP contribution in [0.1, 0.15) is 36.9 Å². The summed E-state index contributed by atoms with van der Waals surface area (Å²) >= 11 is 0. The van der Waals surface area contributed by atoms with E-state index in [9.17, 15) is 0 Å². The van der Waals surface area contributed by atoms with E-state index in [1.165, 1.54) is 11.1 Å². The van der Waals surface area contributed by atoms with E-state index in [1.54, 1.807) is 7.11 Å². The van der Waals surface area contributed by atoms with Crippen LogP contribution in [0.15, 0.2) is 30.9 Å². The molecule has 1 saturated heterocycles. The van der Waals surface area contributed by atoms with Crippen LogP contribution in [0, 0.1) is 0 Å². The maximum absolute atomic E-state index is 5.56. The first kappa shape index (κ1) is 15.1. The Labute approximate surface area is 122 Å². The Hall–Kier alpha value is -1.32. The van der Waals surface area contributed by atoms with Crippen molar-refractivity contribution in [1.29, 1.82) is 0 Å². The van der Waals surface area contributed by atoms with Gasteiger partial charge in [0.25, 0.3) is 0 Å². The molecule has 110 valence electrons. The van der Waals surface area contributed by atoms with Crippen LogP contribution in [0.25, 0.3) is 0 Å². The van der Waals surface area contributed by atoms with Crippen LogP contribution >= 0.6 is 0 Å². The molecular weight excluding hydrogens is 248 g/mol. The summed E-state index contributed by atoms with van der Waals surface area (Å²) in [5.41, 5.74) is 2.58. The molecule has 20 heavy (non-hydrogen) atoms. The maximum Gasteiger partial charge on any atom is 0.123 e. The third-order valence-corrected chi connectivity index (χ3v) is 4.01. The van der Waals surface area contributed by atoms with E-state index in [-0.39, 0.29) is 6.04 Å². The van der Waals surface area contributed by atoms with Crippen LogP contribution < -0.4 is 10.1 Å². The van der Waals surface area contributed by atoms with Crippen molar-refractivity contribution in [3.8, 4) is 5.75 Å². The van der Waals surface area contributed by atoms with Gasteiger partial charge in [0.1, 0.15) is 5.75 Å². The minimum atomic E-state index is 0.228. The lowest BCUT2D eigenvalue weighted by Crippen LogP contribution is -2.44. The Morgan fingerprint density at radius 1 is 1.30 bits per heavy atom. The smallest absolute Gasteiger partial charge is 0.123 e. The first-order valence-electron chi connectivity index (χ1n) is 7.42. The van der Waals surface area contributed by atoms with Crippen LogP contribution in [0.5, 0.6) is 5.75 Å². The van der Waals surface area contributed by atoms with Crippen molar-refractivity contribution < 1.29 is 4.74 Å². The van der Waals surface area contributed by atoms with Crippen LogP contribution in [-0.4, -0.2) is 38.2 Å². The molecule has 3 heteroatoms. The molecule has 0 spiro atoms. The summed E-state index contributed by atoms with van der Waals surface area (Å²) in [5.74, 6) is 1.48. The molecule has 0 unspecified atom stereocenters. The molecule has 1 N–H and O–H groups in total. The van der Waals surface area contributed by atoms with Crippen molar-refractivity contribution in [3.05, 3.63) is 42.0 Å². The second-order valence-corrected chi connectivity index (χ2v) is 5.62. The Morgan fingerprint density at radius 2 is 2.00 bits per heavy atom. The molecule has 1 aliphatic heterocycles. The molecule has 1 atom stereocenters. The van der Waals surface area contributed by atoms with Crippen molar-refractivity contribution in [2.45, 2.75) is 25.8 Å². The van der Waals surface area contributed by atoms with Crippen molar-refractivity contribution in [1.82, 2.24) is 10.2 Å². The molecule has 3 nitrogen and oxygen atoms in total. The van der Waals surface area contributed by atoms with E-state index in [0.717, 1.165) is 31.9 Å². The number of rotatable bonds is 5. The van der Waals surface area contributed by atoms with E-state index < -0.39 is 0 Å². The average Bonchev–Trinajstić information content (AvgIpc) is 2.49. The van der Waals surface area contributed by atoms with Crippen LogP contribution in [0.4, 0.5) is 0 Å². The Morgan fingerprint density at radius 3 is 2.55 bits per heavy atom. The zero-order chi connectivity index (χ0) is 14.5. The number of nitrogens with zero attached hydrogens (tertiary/aromatic N) is 1. The fourth-order valence-electron chi connectivity index (χ4n) is 2.78. The van der Waals surface area contributed by atoms with Gasteiger partial charge < -0.3 is 10.1 Å². The van der Waals surface area contributed by atoms with Gasteiger partial charge in [-0.2, -0.15) is 0 Å². The molecule has 2 rings (SSSR count). The van der Waals surface area contributed by atoms with E-state index in [2.05, 4.69) is 48.8 Å².